The van der Waals surface area contributed by atoms with Gasteiger partial charge < -0.3 is 0 Å². The van der Waals surface area contributed by atoms with Crippen molar-refractivity contribution in [1.29, 1.82) is 0 Å². The summed E-state index contributed by atoms with van der Waals surface area (Å²) in [5.74, 6) is 0.397. The van der Waals surface area contributed by atoms with E-state index in [1.54, 1.807) is 4.68 Å². The van der Waals surface area contributed by atoms with Crippen LogP contribution < -0.4 is 0 Å². The molecule has 28 heavy (non-hydrogen) atoms. The van der Waals surface area contributed by atoms with Crippen LogP contribution in [-0.2, 0) is 11.9 Å². The average molecular weight is 424 g/mol. The third-order valence-electron chi connectivity index (χ3n) is 4.17. The van der Waals surface area contributed by atoms with E-state index in [0.29, 0.717) is 21.7 Å². The van der Waals surface area contributed by atoms with Crippen LogP contribution in [0.1, 0.15) is 16.8 Å². The van der Waals surface area contributed by atoms with Gasteiger partial charge in [0, 0.05) is 17.5 Å². The van der Waals surface area contributed by atoms with Gasteiger partial charge in [-0.15, -0.1) is 10.2 Å². The molecule has 0 atom stereocenters. The number of halogens is 4. The van der Waals surface area contributed by atoms with Gasteiger partial charge in [-0.1, -0.05) is 41.6 Å². The first-order chi connectivity index (χ1) is 13.3. The number of hydrogen-bond donors (Lipinski definition) is 0. The number of fused-ring (bicyclic) bond motifs is 1. The van der Waals surface area contributed by atoms with E-state index >= 15 is 0 Å². The van der Waals surface area contributed by atoms with Gasteiger partial charge in [-0.05, 0) is 31.2 Å². The van der Waals surface area contributed by atoms with Gasteiger partial charge in [0.1, 0.15) is 5.15 Å². The molecule has 4 aromatic rings. The highest BCUT2D eigenvalue weighted by Gasteiger charge is 2.31. The molecule has 0 fully saturated rings. The van der Waals surface area contributed by atoms with E-state index in [2.05, 4.69) is 15.3 Å². The number of pyridine rings is 1. The maximum absolute atomic E-state index is 13.0. The van der Waals surface area contributed by atoms with Gasteiger partial charge in [0.05, 0.1) is 16.9 Å². The number of hydrogen-bond acceptors (Lipinski definition) is 4. The van der Waals surface area contributed by atoms with E-state index in [4.69, 9.17) is 11.6 Å². The second kappa shape index (κ2) is 7.14. The minimum absolute atomic E-state index is 0.346. The number of aromatic nitrogens is 5. The van der Waals surface area contributed by atoms with Crippen molar-refractivity contribution in [2.75, 3.05) is 0 Å². The summed E-state index contributed by atoms with van der Waals surface area (Å²) in [5.41, 5.74) is 1.95. The highest BCUT2D eigenvalue weighted by Crippen LogP contribution is 2.32. The molecule has 4 rings (SSSR count). The Bertz CT molecular complexity index is 1140. The molecular formula is C18H13ClF3N5S. The highest BCUT2D eigenvalue weighted by molar-refractivity contribution is 7.98. The fourth-order valence-corrected chi connectivity index (χ4v) is 4.13. The molecule has 0 bridgehead atoms. The molecule has 10 heteroatoms. The maximum atomic E-state index is 13.0. The van der Waals surface area contributed by atoms with E-state index in [1.165, 1.54) is 22.2 Å². The van der Waals surface area contributed by atoms with Crippen molar-refractivity contribution in [3.8, 4) is 5.69 Å². The van der Waals surface area contributed by atoms with Gasteiger partial charge in [0.2, 0.25) is 0 Å². The second-order valence-corrected chi connectivity index (χ2v) is 7.32. The molecule has 0 saturated heterocycles. The molecule has 0 saturated carbocycles. The van der Waals surface area contributed by atoms with Gasteiger partial charge >= 0.3 is 6.18 Å². The van der Waals surface area contributed by atoms with Crippen molar-refractivity contribution < 1.29 is 13.2 Å². The molecule has 0 amide bonds. The van der Waals surface area contributed by atoms with Crippen LogP contribution in [0.3, 0.4) is 0 Å². The van der Waals surface area contributed by atoms with Gasteiger partial charge in [-0.3, -0.25) is 4.40 Å². The average Bonchev–Trinajstić information content (AvgIpc) is 3.20. The first kappa shape index (κ1) is 18.8. The first-order valence-corrected chi connectivity index (χ1v) is 9.55. The molecule has 0 aliphatic rings. The number of alkyl halides is 3. The van der Waals surface area contributed by atoms with E-state index in [9.17, 15) is 13.2 Å². The number of rotatable bonds is 4. The van der Waals surface area contributed by atoms with E-state index in [1.807, 2.05) is 37.3 Å². The fraction of sp³-hybridized carbons (Fsp3) is 0.167. The standard InChI is InChI=1S/C18H13ClF3N5S/c1-11-14(16(19)27(25-11)13-5-3-2-4-6-13)10-28-17-24-23-15-8-7-12(9-26(15)17)18(20,21)22/h2-9H,10H2,1H3. The predicted octanol–water partition coefficient (Wildman–Crippen LogP) is 5.19. The van der Waals surface area contributed by atoms with Crippen LogP contribution in [0, 0.1) is 6.92 Å². The Morgan fingerprint density at radius 2 is 1.82 bits per heavy atom. The Morgan fingerprint density at radius 1 is 1.07 bits per heavy atom. The normalized spacial score (nSPS) is 12.0. The summed E-state index contributed by atoms with van der Waals surface area (Å²) in [6, 6.07) is 11.7. The molecule has 1 aromatic carbocycles. The zero-order chi connectivity index (χ0) is 19.9. The quantitative estimate of drug-likeness (QED) is 0.424. The van der Waals surface area contributed by atoms with Crippen molar-refractivity contribution in [3.63, 3.8) is 0 Å². The Balaban J connectivity index is 1.63. The minimum atomic E-state index is -4.43. The summed E-state index contributed by atoms with van der Waals surface area (Å²) in [6.07, 6.45) is -3.43. The number of nitrogens with zero attached hydrogens (tertiary/aromatic N) is 5. The third-order valence-corrected chi connectivity index (χ3v) is 5.52. The smallest absolute Gasteiger partial charge is 0.277 e. The summed E-state index contributed by atoms with van der Waals surface area (Å²) in [7, 11) is 0. The number of thioether (sulfide) groups is 1. The lowest BCUT2D eigenvalue weighted by Gasteiger charge is -2.07. The largest absolute Gasteiger partial charge is 0.417 e. The first-order valence-electron chi connectivity index (χ1n) is 8.19. The van der Waals surface area contributed by atoms with E-state index in [0.717, 1.165) is 29.2 Å². The lowest BCUT2D eigenvalue weighted by Crippen LogP contribution is -2.06. The molecule has 0 N–H and O–H groups in total. The van der Waals surface area contributed by atoms with Gasteiger partial charge in [-0.2, -0.15) is 18.3 Å². The number of para-hydroxylation sites is 1. The van der Waals surface area contributed by atoms with Crippen LogP contribution in [-0.4, -0.2) is 24.4 Å². The van der Waals surface area contributed by atoms with Gasteiger partial charge in [0.25, 0.3) is 0 Å². The summed E-state index contributed by atoms with van der Waals surface area (Å²) in [4.78, 5) is 0. The Kier molecular flexibility index (Phi) is 4.80. The lowest BCUT2D eigenvalue weighted by atomic mass is 10.3. The molecule has 0 aliphatic heterocycles. The number of benzene rings is 1. The summed E-state index contributed by atoms with van der Waals surface area (Å²) in [5, 5.41) is 13.2. The summed E-state index contributed by atoms with van der Waals surface area (Å²) >= 11 is 7.75. The van der Waals surface area contributed by atoms with Crippen molar-refractivity contribution >= 4 is 29.0 Å². The van der Waals surface area contributed by atoms with Crippen LogP contribution in [0.2, 0.25) is 5.15 Å². The second-order valence-electron chi connectivity index (χ2n) is 6.02. The van der Waals surface area contributed by atoms with Crippen molar-refractivity contribution in [3.05, 3.63) is 70.6 Å². The molecule has 3 aromatic heterocycles. The minimum Gasteiger partial charge on any atom is -0.277 e. The van der Waals surface area contributed by atoms with Crippen LogP contribution in [0.15, 0.2) is 53.8 Å². The fourth-order valence-electron chi connectivity index (χ4n) is 2.71. The van der Waals surface area contributed by atoms with E-state index in [-0.39, 0.29) is 0 Å². The Hall–Kier alpha value is -2.52. The van der Waals surface area contributed by atoms with Crippen molar-refractivity contribution in [1.82, 2.24) is 24.4 Å². The lowest BCUT2D eigenvalue weighted by molar-refractivity contribution is -0.137. The number of aryl methyl sites for hydroxylation is 1. The molecule has 5 nitrogen and oxygen atoms in total. The topological polar surface area (TPSA) is 48.0 Å². The predicted molar refractivity (Wildman–Crippen MR) is 101 cm³/mol. The van der Waals surface area contributed by atoms with Crippen LogP contribution in [0.25, 0.3) is 11.3 Å². The Labute approximate surface area is 167 Å². The molecule has 0 aliphatic carbocycles. The summed E-state index contributed by atoms with van der Waals surface area (Å²) < 4.78 is 41.9. The van der Waals surface area contributed by atoms with Crippen molar-refractivity contribution in [2.45, 2.75) is 24.0 Å². The summed E-state index contributed by atoms with van der Waals surface area (Å²) in [6.45, 7) is 1.84. The zero-order valence-corrected chi connectivity index (χ0v) is 16.1. The van der Waals surface area contributed by atoms with Gasteiger partial charge in [-0.25, -0.2) is 4.68 Å². The molecule has 3 heterocycles. The maximum Gasteiger partial charge on any atom is 0.417 e. The molecular weight excluding hydrogens is 411 g/mol. The van der Waals surface area contributed by atoms with Crippen LogP contribution in [0.4, 0.5) is 13.2 Å². The van der Waals surface area contributed by atoms with E-state index < -0.39 is 11.7 Å². The molecule has 0 spiro atoms. The Morgan fingerprint density at radius 3 is 2.54 bits per heavy atom. The molecule has 0 unspecified atom stereocenters. The monoisotopic (exact) mass is 423 g/mol. The molecule has 0 radical (unpaired) electrons. The van der Waals surface area contributed by atoms with Crippen LogP contribution in [0.5, 0.6) is 0 Å². The van der Waals surface area contributed by atoms with Crippen LogP contribution >= 0.6 is 23.4 Å². The van der Waals surface area contributed by atoms with Crippen molar-refractivity contribution in [2.24, 2.45) is 0 Å². The van der Waals surface area contributed by atoms with Gasteiger partial charge in [0.15, 0.2) is 10.8 Å². The highest BCUT2D eigenvalue weighted by atomic mass is 35.5. The third kappa shape index (κ3) is 3.47. The SMILES string of the molecule is Cc1nn(-c2ccccc2)c(Cl)c1CSc1nnc2ccc(C(F)(F)F)cn12. The zero-order valence-electron chi connectivity index (χ0n) is 14.5. The molecule has 144 valence electrons.